The molecule has 262 valence electrons. The fourth-order valence-electron chi connectivity index (χ4n) is 7.01. The number of hydrogen-bond donors (Lipinski definition) is 3. The van der Waals surface area contributed by atoms with Gasteiger partial charge in [0.1, 0.15) is 23.5 Å². The van der Waals surface area contributed by atoms with Crippen LogP contribution in [0.3, 0.4) is 0 Å². The summed E-state index contributed by atoms with van der Waals surface area (Å²) in [6.45, 7) is 7.37. The van der Waals surface area contributed by atoms with Crippen LogP contribution in [0.1, 0.15) is 48.2 Å². The number of carbonyl (C=O) groups is 2. The summed E-state index contributed by atoms with van der Waals surface area (Å²) < 4.78 is 20.1. The number of aromatic nitrogens is 4. The van der Waals surface area contributed by atoms with Gasteiger partial charge in [0, 0.05) is 56.3 Å². The van der Waals surface area contributed by atoms with Gasteiger partial charge >= 0.3 is 0 Å². The van der Waals surface area contributed by atoms with Crippen LogP contribution < -0.4 is 15.5 Å². The number of halogens is 1. The van der Waals surface area contributed by atoms with E-state index in [0.717, 1.165) is 92.1 Å². The van der Waals surface area contributed by atoms with Crippen LogP contribution in [0.5, 0.6) is 0 Å². The molecule has 3 aliphatic rings. The summed E-state index contributed by atoms with van der Waals surface area (Å²) in [5.41, 5.74) is 4.56. The Morgan fingerprint density at radius 2 is 1.74 bits per heavy atom. The summed E-state index contributed by atoms with van der Waals surface area (Å²) in [5.74, 6) is -0.754. The third-order valence-electron chi connectivity index (χ3n) is 9.67. The van der Waals surface area contributed by atoms with Gasteiger partial charge in [0.25, 0.3) is 11.8 Å². The number of nitrogens with one attached hydrogen (secondary N) is 3. The number of ether oxygens (including phenoxy) is 1. The Hall–Kier alpha value is -4.72. The average molecular weight is 682 g/mol. The van der Waals surface area contributed by atoms with Gasteiger partial charge in [-0.15, -0.1) is 0 Å². The van der Waals surface area contributed by atoms with E-state index in [1.165, 1.54) is 12.5 Å². The third-order valence-corrected chi connectivity index (χ3v) is 9.67. The Kier molecular flexibility index (Phi) is 10.7. The van der Waals surface area contributed by atoms with Crippen molar-refractivity contribution in [3.63, 3.8) is 0 Å². The second-order valence-corrected chi connectivity index (χ2v) is 13.3. The standard InChI is InChI=1S/C37H44FN9O3/c38-31(11-16-45-13-2-1-3-14-45)36(48)43-29-5-4-15-46(24-29)23-26-10-12-39-33(21-26)37(49)42-28-8-6-27(7-9-28)32-22-30-34(44-32)40-25-41-35(30)47-17-19-50-20-18-47/h6-12,21-22,25,29H,1-5,13-20,23-24H2,(H,42,49)(H,43,48)(H,40,41,44)/b31-11-. The monoisotopic (exact) mass is 681 g/mol. The zero-order valence-corrected chi connectivity index (χ0v) is 28.2. The highest BCUT2D eigenvalue weighted by atomic mass is 19.1. The van der Waals surface area contributed by atoms with E-state index in [-0.39, 0.29) is 11.9 Å². The van der Waals surface area contributed by atoms with Gasteiger partial charge < -0.3 is 25.3 Å². The minimum Gasteiger partial charge on any atom is -0.378 e. The summed E-state index contributed by atoms with van der Waals surface area (Å²) in [7, 11) is 0. The van der Waals surface area contributed by atoms with Gasteiger partial charge in [-0.3, -0.25) is 24.4 Å². The molecule has 1 atom stereocenters. The molecule has 0 spiro atoms. The number of hydrogen-bond acceptors (Lipinski definition) is 9. The first-order valence-corrected chi connectivity index (χ1v) is 17.6. The van der Waals surface area contributed by atoms with Crippen molar-refractivity contribution in [1.82, 2.24) is 35.1 Å². The van der Waals surface area contributed by atoms with Gasteiger partial charge in [0.05, 0.1) is 18.6 Å². The van der Waals surface area contributed by atoms with E-state index < -0.39 is 11.7 Å². The fourth-order valence-corrected chi connectivity index (χ4v) is 7.01. The zero-order valence-electron chi connectivity index (χ0n) is 28.2. The van der Waals surface area contributed by atoms with Gasteiger partial charge in [0.15, 0.2) is 5.83 Å². The quantitative estimate of drug-likeness (QED) is 0.207. The predicted molar refractivity (Wildman–Crippen MR) is 190 cm³/mol. The lowest BCUT2D eigenvalue weighted by molar-refractivity contribution is -0.120. The number of carbonyl (C=O) groups excluding carboxylic acids is 2. The molecule has 13 heteroatoms. The maximum atomic E-state index is 14.6. The highest BCUT2D eigenvalue weighted by Crippen LogP contribution is 2.30. The maximum absolute atomic E-state index is 14.6. The van der Waals surface area contributed by atoms with E-state index in [1.807, 2.05) is 30.3 Å². The summed E-state index contributed by atoms with van der Waals surface area (Å²) in [6.07, 6.45) is 9.77. The Morgan fingerprint density at radius 3 is 2.56 bits per heavy atom. The van der Waals surface area contributed by atoms with Crippen molar-refractivity contribution >= 4 is 34.4 Å². The maximum Gasteiger partial charge on any atom is 0.279 e. The lowest BCUT2D eigenvalue weighted by Crippen LogP contribution is -2.47. The van der Waals surface area contributed by atoms with Crippen molar-refractivity contribution in [1.29, 1.82) is 0 Å². The highest BCUT2D eigenvalue weighted by molar-refractivity contribution is 6.03. The number of amides is 2. The lowest BCUT2D eigenvalue weighted by Gasteiger charge is -2.33. The number of benzene rings is 1. The Labute approximate surface area is 291 Å². The van der Waals surface area contributed by atoms with Crippen LogP contribution in [0.2, 0.25) is 0 Å². The molecule has 3 aliphatic heterocycles. The van der Waals surface area contributed by atoms with Crippen LogP contribution in [-0.4, -0.2) is 107 Å². The largest absolute Gasteiger partial charge is 0.378 e. The second kappa shape index (κ2) is 15.9. The first kappa shape index (κ1) is 33.8. The van der Waals surface area contributed by atoms with Gasteiger partial charge in [-0.25, -0.2) is 14.4 Å². The highest BCUT2D eigenvalue weighted by Gasteiger charge is 2.24. The number of likely N-dealkylation sites (tertiary alicyclic amines) is 2. The van der Waals surface area contributed by atoms with Crippen LogP contribution in [0.15, 0.2) is 66.9 Å². The number of rotatable bonds is 10. The van der Waals surface area contributed by atoms with E-state index in [0.29, 0.717) is 44.2 Å². The molecular formula is C37H44FN9O3. The number of nitrogens with zero attached hydrogens (tertiary/aromatic N) is 6. The number of morpholine rings is 1. The number of anilines is 2. The van der Waals surface area contributed by atoms with Crippen molar-refractivity contribution in [2.24, 2.45) is 0 Å². The molecule has 3 N–H and O–H groups in total. The topological polar surface area (TPSA) is 132 Å². The van der Waals surface area contributed by atoms with Gasteiger partial charge in [-0.1, -0.05) is 18.6 Å². The van der Waals surface area contributed by atoms with Crippen molar-refractivity contribution < 1.29 is 18.7 Å². The summed E-state index contributed by atoms with van der Waals surface area (Å²) in [4.78, 5) is 49.1. The molecule has 12 nitrogen and oxygen atoms in total. The summed E-state index contributed by atoms with van der Waals surface area (Å²) in [5, 5.41) is 6.80. The smallest absolute Gasteiger partial charge is 0.279 e. The van der Waals surface area contributed by atoms with E-state index in [9.17, 15) is 14.0 Å². The molecule has 0 aliphatic carbocycles. The number of H-pyrrole nitrogens is 1. The molecule has 0 radical (unpaired) electrons. The molecule has 6 heterocycles. The summed E-state index contributed by atoms with van der Waals surface area (Å²) >= 11 is 0. The molecule has 3 saturated heterocycles. The number of aromatic amines is 1. The first-order valence-electron chi connectivity index (χ1n) is 17.6. The lowest BCUT2D eigenvalue weighted by atomic mass is 10.0. The van der Waals surface area contributed by atoms with E-state index in [1.54, 1.807) is 18.6 Å². The minimum atomic E-state index is -0.710. The third kappa shape index (κ3) is 8.35. The van der Waals surface area contributed by atoms with Gasteiger partial charge in [-0.05, 0) is 92.9 Å². The Bertz CT molecular complexity index is 1820. The van der Waals surface area contributed by atoms with Crippen LogP contribution in [0.25, 0.3) is 22.3 Å². The molecule has 0 bridgehead atoms. The molecule has 50 heavy (non-hydrogen) atoms. The molecule has 3 aromatic heterocycles. The average Bonchev–Trinajstić information content (AvgIpc) is 3.60. The predicted octanol–water partition coefficient (Wildman–Crippen LogP) is 4.53. The van der Waals surface area contributed by atoms with Crippen molar-refractivity contribution in [3.8, 4) is 11.3 Å². The normalized spacial score (nSPS) is 19.4. The number of piperidine rings is 2. The van der Waals surface area contributed by atoms with E-state index >= 15 is 0 Å². The molecule has 3 fully saturated rings. The zero-order chi connectivity index (χ0) is 34.3. The minimum absolute atomic E-state index is 0.137. The molecular weight excluding hydrogens is 637 g/mol. The molecule has 7 rings (SSSR count). The van der Waals surface area contributed by atoms with Crippen LogP contribution in [0.4, 0.5) is 15.9 Å². The second-order valence-electron chi connectivity index (χ2n) is 13.3. The SMILES string of the molecule is O=C(NC1CCCN(Cc2ccnc(C(=O)Nc3ccc(-c4cc5c(N6CCOCC6)ncnc5[nH]4)cc3)c2)C1)/C(F)=C/CN1CCCCC1. The number of pyridine rings is 1. The van der Waals surface area contributed by atoms with Crippen LogP contribution in [-0.2, 0) is 16.1 Å². The molecule has 0 saturated carbocycles. The first-order chi connectivity index (χ1) is 24.5. The Morgan fingerprint density at radius 1 is 0.940 bits per heavy atom. The molecule has 1 unspecified atom stereocenters. The van der Waals surface area contributed by atoms with E-state index in [2.05, 4.69) is 51.3 Å². The van der Waals surface area contributed by atoms with Crippen molar-refractivity contribution in [2.45, 2.75) is 44.7 Å². The molecule has 4 aromatic rings. The molecule has 1 aromatic carbocycles. The van der Waals surface area contributed by atoms with Gasteiger partial charge in [0.2, 0.25) is 0 Å². The van der Waals surface area contributed by atoms with Crippen LogP contribution >= 0.6 is 0 Å². The number of fused-ring (bicyclic) bond motifs is 1. The fraction of sp³-hybridized carbons (Fsp3) is 0.432. The van der Waals surface area contributed by atoms with Crippen molar-refractivity contribution in [2.75, 3.05) is 69.2 Å². The van der Waals surface area contributed by atoms with Gasteiger partial charge in [-0.2, -0.15) is 0 Å². The summed E-state index contributed by atoms with van der Waals surface area (Å²) in [6, 6.07) is 13.3. The molecule has 2 amide bonds. The van der Waals surface area contributed by atoms with Crippen LogP contribution in [0, 0.1) is 0 Å². The van der Waals surface area contributed by atoms with Crippen molar-refractivity contribution in [3.05, 3.63) is 78.1 Å². The Balaban J connectivity index is 0.928. The van der Waals surface area contributed by atoms with E-state index in [4.69, 9.17) is 4.74 Å².